The van der Waals surface area contributed by atoms with E-state index in [9.17, 15) is 14.9 Å². The van der Waals surface area contributed by atoms with E-state index < -0.39 is 10.5 Å². The second kappa shape index (κ2) is 7.38. The van der Waals surface area contributed by atoms with E-state index in [-0.39, 0.29) is 17.8 Å². The Balaban J connectivity index is 1.83. The van der Waals surface area contributed by atoms with Crippen LogP contribution in [0.3, 0.4) is 0 Å². The molecule has 0 saturated carbocycles. The summed E-state index contributed by atoms with van der Waals surface area (Å²) in [5.41, 5.74) is 0.507. The van der Waals surface area contributed by atoms with Crippen LogP contribution >= 0.6 is 0 Å². The maximum Gasteiger partial charge on any atom is 0.410 e. The number of ether oxygens (including phenoxy) is 1. The molecular formula is C19H24N4O4. The fourth-order valence-electron chi connectivity index (χ4n) is 3.21. The maximum atomic E-state index is 12.4. The zero-order valence-corrected chi connectivity index (χ0v) is 15.8. The Hall–Kier alpha value is -2.90. The predicted octanol–water partition coefficient (Wildman–Crippen LogP) is 3.95. The first-order chi connectivity index (χ1) is 12.7. The molecule has 0 spiro atoms. The van der Waals surface area contributed by atoms with Gasteiger partial charge in [-0.2, -0.15) is 0 Å². The number of hydrogen-bond acceptors (Lipinski definition) is 6. The monoisotopic (exact) mass is 372 g/mol. The van der Waals surface area contributed by atoms with Crippen LogP contribution in [0.2, 0.25) is 0 Å². The van der Waals surface area contributed by atoms with Crippen molar-refractivity contribution in [2.24, 2.45) is 0 Å². The highest BCUT2D eigenvalue weighted by Crippen LogP contribution is 2.33. The summed E-state index contributed by atoms with van der Waals surface area (Å²) >= 11 is 0. The van der Waals surface area contributed by atoms with Gasteiger partial charge in [0.2, 0.25) is 0 Å². The van der Waals surface area contributed by atoms with Crippen molar-refractivity contribution in [3.05, 3.63) is 40.6 Å². The number of nitro groups is 1. The maximum absolute atomic E-state index is 12.4. The Morgan fingerprint density at radius 3 is 2.81 bits per heavy atom. The van der Waals surface area contributed by atoms with Crippen molar-refractivity contribution in [2.45, 2.75) is 45.3 Å². The number of hydrogen-bond donors (Lipinski definition) is 1. The number of likely N-dealkylation sites (tertiary alicyclic amines) is 1. The van der Waals surface area contributed by atoms with Crippen LogP contribution in [0.15, 0.2) is 30.5 Å². The van der Waals surface area contributed by atoms with Crippen molar-refractivity contribution in [2.75, 3.05) is 18.4 Å². The first-order valence-electron chi connectivity index (χ1n) is 9.01. The summed E-state index contributed by atoms with van der Waals surface area (Å²) < 4.78 is 5.45. The number of fused-ring (bicyclic) bond motifs is 1. The summed E-state index contributed by atoms with van der Waals surface area (Å²) in [6.07, 6.45) is 2.53. The van der Waals surface area contributed by atoms with Gasteiger partial charge in [-0.25, -0.2) is 9.78 Å². The highest BCUT2D eigenvalue weighted by molar-refractivity contribution is 5.95. The summed E-state index contributed by atoms with van der Waals surface area (Å²) in [6, 6.07) is 7.20. The third kappa shape index (κ3) is 4.45. The summed E-state index contributed by atoms with van der Waals surface area (Å²) in [6.45, 7) is 6.54. The number of nitrogens with one attached hydrogen (secondary N) is 1. The molecule has 8 nitrogen and oxygen atoms in total. The van der Waals surface area contributed by atoms with Crippen molar-refractivity contribution in [1.29, 1.82) is 0 Å². The summed E-state index contributed by atoms with van der Waals surface area (Å²) in [5.74, 6) is 0. The second-order valence-corrected chi connectivity index (χ2v) is 7.70. The van der Waals surface area contributed by atoms with Crippen molar-refractivity contribution >= 4 is 28.4 Å². The summed E-state index contributed by atoms with van der Waals surface area (Å²) in [4.78, 5) is 29.2. The highest BCUT2D eigenvalue weighted by Gasteiger charge is 2.29. The number of amides is 1. The fraction of sp³-hybridized carbons (Fsp3) is 0.474. The Morgan fingerprint density at radius 2 is 2.11 bits per heavy atom. The summed E-state index contributed by atoms with van der Waals surface area (Å²) in [7, 11) is 0. The van der Waals surface area contributed by atoms with Crippen molar-refractivity contribution < 1.29 is 14.5 Å². The van der Waals surface area contributed by atoms with E-state index in [1.165, 1.54) is 6.20 Å². The van der Waals surface area contributed by atoms with E-state index in [0.29, 0.717) is 29.7 Å². The molecule has 1 aromatic carbocycles. The van der Waals surface area contributed by atoms with Gasteiger partial charge >= 0.3 is 11.8 Å². The lowest BCUT2D eigenvalue weighted by atomic mass is 10.0. The lowest BCUT2D eigenvalue weighted by molar-refractivity contribution is -0.384. The molecule has 0 aliphatic carbocycles. The molecule has 1 amide bonds. The van der Waals surface area contributed by atoms with Gasteiger partial charge in [-0.3, -0.25) is 10.1 Å². The molecule has 8 heteroatoms. The van der Waals surface area contributed by atoms with Crippen LogP contribution in [-0.2, 0) is 4.74 Å². The lowest BCUT2D eigenvalue weighted by Crippen LogP contribution is -2.47. The molecule has 1 aliphatic heterocycles. The topological polar surface area (TPSA) is 97.6 Å². The average molecular weight is 372 g/mol. The van der Waals surface area contributed by atoms with Gasteiger partial charge in [0.05, 0.1) is 10.4 Å². The van der Waals surface area contributed by atoms with E-state index in [1.54, 1.807) is 4.90 Å². The second-order valence-electron chi connectivity index (χ2n) is 7.70. The molecule has 1 saturated heterocycles. The molecule has 2 aromatic rings. The quantitative estimate of drug-likeness (QED) is 0.647. The molecule has 1 N–H and O–H groups in total. The molecular weight excluding hydrogens is 348 g/mol. The van der Waals surface area contributed by atoms with E-state index in [1.807, 2.05) is 45.0 Å². The molecule has 1 fully saturated rings. The molecule has 1 atom stereocenters. The van der Waals surface area contributed by atoms with Gasteiger partial charge in [-0.1, -0.05) is 18.2 Å². The largest absolute Gasteiger partial charge is 0.444 e. The SMILES string of the molecule is CC(C)(C)OC(=O)N1CCC[C@@H](Nc2c([N+](=O)[O-])cnc3ccccc23)C1. The van der Waals surface area contributed by atoms with Gasteiger partial charge in [0.25, 0.3) is 0 Å². The molecule has 0 unspecified atom stereocenters. The number of pyridine rings is 1. The molecule has 1 aliphatic rings. The van der Waals surface area contributed by atoms with Gasteiger partial charge in [0, 0.05) is 24.5 Å². The van der Waals surface area contributed by atoms with Gasteiger partial charge in [0.15, 0.2) is 0 Å². The van der Waals surface area contributed by atoms with E-state index in [2.05, 4.69) is 10.3 Å². The first kappa shape index (κ1) is 18.9. The van der Waals surface area contributed by atoms with Crippen molar-refractivity contribution in [3.63, 3.8) is 0 Å². The van der Waals surface area contributed by atoms with Crippen LogP contribution in [0.4, 0.5) is 16.2 Å². The Kier molecular flexibility index (Phi) is 5.16. The predicted molar refractivity (Wildman–Crippen MR) is 103 cm³/mol. The van der Waals surface area contributed by atoms with Gasteiger partial charge in [-0.05, 0) is 39.7 Å². The van der Waals surface area contributed by atoms with Crippen LogP contribution in [0.5, 0.6) is 0 Å². The lowest BCUT2D eigenvalue weighted by Gasteiger charge is -2.34. The third-order valence-electron chi connectivity index (χ3n) is 4.37. The molecule has 27 heavy (non-hydrogen) atoms. The van der Waals surface area contributed by atoms with Crippen LogP contribution in [0.25, 0.3) is 10.9 Å². The number of piperidine rings is 1. The van der Waals surface area contributed by atoms with Crippen molar-refractivity contribution in [1.82, 2.24) is 9.88 Å². The van der Waals surface area contributed by atoms with Gasteiger partial charge < -0.3 is 15.0 Å². The normalized spacial score (nSPS) is 17.6. The minimum Gasteiger partial charge on any atom is -0.444 e. The third-order valence-corrected chi connectivity index (χ3v) is 4.37. The van der Waals surface area contributed by atoms with Gasteiger partial charge in [0.1, 0.15) is 17.5 Å². The highest BCUT2D eigenvalue weighted by atomic mass is 16.6. The Bertz CT molecular complexity index is 862. The van der Waals surface area contributed by atoms with E-state index >= 15 is 0 Å². The first-order valence-corrected chi connectivity index (χ1v) is 9.01. The number of para-hydroxylation sites is 1. The molecule has 144 valence electrons. The number of anilines is 1. The Labute approximate surface area is 157 Å². The molecule has 0 bridgehead atoms. The Morgan fingerprint density at radius 1 is 1.37 bits per heavy atom. The van der Waals surface area contributed by atoms with Crippen LogP contribution in [0, 0.1) is 10.1 Å². The zero-order chi connectivity index (χ0) is 19.6. The van der Waals surface area contributed by atoms with Crippen LogP contribution in [-0.4, -0.2) is 45.6 Å². The minimum atomic E-state index is -0.558. The van der Waals surface area contributed by atoms with Crippen LogP contribution < -0.4 is 5.32 Å². The number of nitrogens with zero attached hydrogens (tertiary/aromatic N) is 3. The standard InChI is InChI=1S/C19H24N4O4/c1-19(2,3)27-18(24)22-10-6-7-13(12-22)21-17-14-8-4-5-9-15(14)20-11-16(17)23(25)26/h4-5,8-9,11,13H,6-7,10,12H2,1-3H3,(H,20,21)/t13-/m1/s1. The number of benzene rings is 1. The molecule has 3 rings (SSSR count). The fourth-order valence-corrected chi connectivity index (χ4v) is 3.21. The van der Waals surface area contributed by atoms with Crippen molar-refractivity contribution in [3.8, 4) is 0 Å². The van der Waals surface area contributed by atoms with Gasteiger partial charge in [-0.15, -0.1) is 0 Å². The number of rotatable bonds is 3. The smallest absolute Gasteiger partial charge is 0.410 e. The minimum absolute atomic E-state index is 0.0666. The molecule has 0 radical (unpaired) electrons. The van der Waals surface area contributed by atoms with E-state index in [4.69, 9.17) is 4.74 Å². The number of aromatic nitrogens is 1. The molecule has 2 heterocycles. The number of carbonyl (C=O) groups is 1. The average Bonchev–Trinajstić information content (AvgIpc) is 2.60. The van der Waals surface area contributed by atoms with E-state index in [0.717, 1.165) is 12.8 Å². The summed E-state index contributed by atoms with van der Waals surface area (Å²) in [5, 5.41) is 15.5. The number of carbonyl (C=O) groups excluding carboxylic acids is 1. The van der Waals surface area contributed by atoms with Crippen LogP contribution in [0.1, 0.15) is 33.6 Å². The zero-order valence-electron chi connectivity index (χ0n) is 15.8. The molecule has 1 aromatic heterocycles.